The van der Waals surface area contributed by atoms with E-state index in [0.29, 0.717) is 24.5 Å². The molecule has 0 saturated carbocycles. The maximum atomic E-state index is 12.2. The van der Waals surface area contributed by atoms with E-state index < -0.39 is 11.7 Å². The highest BCUT2D eigenvalue weighted by Crippen LogP contribution is 2.46. The zero-order valence-corrected chi connectivity index (χ0v) is 15.1. The van der Waals surface area contributed by atoms with Gasteiger partial charge in [-0.05, 0) is 71.6 Å². The molecule has 3 aliphatic rings. The maximum Gasteiger partial charge on any atom is 0.334 e. The van der Waals surface area contributed by atoms with E-state index in [1.807, 2.05) is 0 Å². The van der Waals surface area contributed by atoms with Gasteiger partial charge >= 0.3 is 5.97 Å². The van der Waals surface area contributed by atoms with E-state index in [-0.39, 0.29) is 17.5 Å². The van der Waals surface area contributed by atoms with Crippen LogP contribution < -0.4 is 0 Å². The summed E-state index contributed by atoms with van der Waals surface area (Å²) < 4.78 is 11.4. The van der Waals surface area contributed by atoms with Crippen molar-refractivity contribution in [1.29, 1.82) is 0 Å². The first-order valence-corrected chi connectivity index (χ1v) is 9.17. The summed E-state index contributed by atoms with van der Waals surface area (Å²) in [5.41, 5.74) is 0.820. The predicted octanol–water partition coefficient (Wildman–Crippen LogP) is 3.68. The number of esters is 1. The second kappa shape index (κ2) is 6.30. The molecule has 0 radical (unpaired) electrons. The fourth-order valence-corrected chi connectivity index (χ4v) is 4.06. The largest absolute Gasteiger partial charge is 0.456 e. The highest BCUT2D eigenvalue weighted by Gasteiger charge is 2.52. The van der Waals surface area contributed by atoms with E-state index in [9.17, 15) is 9.90 Å². The van der Waals surface area contributed by atoms with Crippen molar-refractivity contribution in [3.05, 3.63) is 23.8 Å². The number of hydrogen-bond donors (Lipinski definition) is 1. The van der Waals surface area contributed by atoms with E-state index in [0.717, 1.165) is 32.1 Å². The van der Waals surface area contributed by atoms with Gasteiger partial charge in [0.05, 0.1) is 17.3 Å². The monoisotopic (exact) mass is 334 g/mol. The first-order chi connectivity index (χ1) is 11.2. The molecular weight excluding hydrogens is 304 g/mol. The molecule has 0 aromatic heterocycles. The number of aliphatic hydroxyl groups is 1. The lowest BCUT2D eigenvalue weighted by molar-refractivity contribution is -0.168. The summed E-state index contributed by atoms with van der Waals surface area (Å²) in [7, 11) is 0. The van der Waals surface area contributed by atoms with Crippen LogP contribution in [-0.4, -0.2) is 34.5 Å². The quantitative estimate of drug-likeness (QED) is 0.318. The molecule has 0 aromatic carbocycles. The molecule has 4 nitrogen and oxygen atoms in total. The molecule has 134 valence electrons. The van der Waals surface area contributed by atoms with Gasteiger partial charge < -0.3 is 14.6 Å². The lowest BCUT2D eigenvalue weighted by Crippen LogP contribution is -2.47. The molecule has 5 atom stereocenters. The van der Waals surface area contributed by atoms with Gasteiger partial charge in [-0.2, -0.15) is 0 Å². The number of carbonyl (C=O) groups is 1. The Hall–Kier alpha value is -1.13. The van der Waals surface area contributed by atoms with Gasteiger partial charge in [-0.1, -0.05) is 18.2 Å². The highest BCUT2D eigenvalue weighted by atomic mass is 16.6. The smallest absolute Gasteiger partial charge is 0.334 e. The van der Waals surface area contributed by atoms with Crippen LogP contribution in [0.3, 0.4) is 0 Å². The van der Waals surface area contributed by atoms with E-state index in [1.165, 1.54) is 5.57 Å². The minimum Gasteiger partial charge on any atom is -0.456 e. The SMILES string of the molecule is C=C1C(=O)O[C@@H]2C[C@H]1CC[C@]1(C)OC1CC/C(C)=C/CC[C@]2(C)O. The molecule has 0 aromatic rings. The Balaban J connectivity index is 1.80. The molecule has 2 aliphatic heterocycles. The van der Waals surface area contributed by atoms with Gasteiger partial charge in [0.25, 0.3) is 0 Å². The average Bonchev–Trinajstić information content (AvgIpc) is 3.16. The van der Waals surface area contributed by atoms with Gasteiger partial charge in [0.15, 0.2) is 0 Å². The minimum atomic E-state index is -1.00. The molecule has 2 heterocycles. The standard InChI is InChI=1S/C20H30O4/c1-13-6-5-10-19(3,22)17-12-15(14(2)18(21)23-17)9-11-20(4)16(24-20)8-7-13/h6,15-17,22H,2,5,7-12H2,1,3-4H3/b13-6+/t15-,16?,17-,19+,20+/m1/s1. The summed E-state index contributed by atoms with van der Waals surface area (Å²) in [5, 5.41) is 10.8. The van der Waals surface area contributed by atoms with Crippen molar-refractivity contribution < 1.29 is 19.4 Å². The summed E-state index contributed by atoms with van der Waals surface area (Å²) in [6.07, 6.45) is 7.98. The molecular formula is C20H30O4. The van der Waals surface area contributed by atoms with Crippen molar-refractivity contribution in [1.82, 2.24) is 0 Å². The number of rotatable bonds is 0. The summed E-state index contributed by atoms with van der Waals surface area (Å²) in [5.74, 6) is -0.279. The van der Waals surface area contributed by atoms with Crippen LogP contribution in [-0.2, 0) is 14.3 Å². The molecule has 1 unspecified atom stereocenters. The zero-order chi connectivity index (χ0) is 17.5. The van der Waals surface area contributed by atoms with Crippen LogP contribution in [0.15, 0.2) is 23.8 Å². The van der Waals surface area contributed by atoms with Gasteiger partial charge in [-0.15, -0.1) is 0 Å². The number of hydrogen-bond acceptors (Lipinski definition) is 4. The number of fused-ring (bicyclic) bond motifs is 3. The van der Waals surface area contributed by atoms with Crippen molar-refractivity contribution in [3.8, 4) is 0 Å². The van der Waals surface area contributed by atoms with Crippen LogP contribution in [0.4, 0.5) is 0 Å². The van der Waals surface area contributed by atoms with Crippen molar-refractivity contribution in [3.63, 3.8) is 0 Å². The molecule has 24 heavy (non-hydrogen) atoms. The summed E-state index contributed by atoms with van der Waals surface area (Å²) >= 11 is 0. The Labute approximate surface area is 144 Å². The predicted molar refractivity (Wildman–Crippen MR) is 92.5 cm³/mol. The molecule has 2 fully saturated rings. The van der Waals surface area contributed by atoms with Gasteiger partial charge in [0.1, 0.15) is 6.10 Å². The Bertz CT molecular complexity index is 562. The number of epoxide rings is 1. The third-order valence-electron chi connectivity index (χ3n) is 6.17. The van der Waals surface area contributed by atoms with E-state index >= 15 is 0 Å². The summed E-state index contributed by atoms with van der Waals surface area (Å²) in [6, 6.07) is 0. The third kappa shape index (κ3) is 3.60. The molecule has 0 spiro atoms. The van der Waals surface area contributed by atoms with Crippen LogP contribution in [0.25, 0.3) is 0 Å². The number of ether oxygens (including phenoxy) is 2. The Kier molecular flexibility index (Phi) is 4.65. The van der Waals surface area contributed by atoms with Gasteiger partial charge in [-0.3, -0.25) is 0 Å². The Morgan fingerprint density at radius 1 is 1.25 bits per heavy atom. The number of allylic oxidation sites excluding steroid dienone is 2. The normalized spacial score (nSPS) is 46.2. The van der Waals surface area contributed by atoms with Crippen LogP contribution in [0.5, 0.6) is 0 Å². The van der Waals surface area contributed by atoms with E-state index in [4.69, 9.17) is 9.47 Å². The van der Waals surface area contributed by atoms with Crippen LogP contribution in [0.1, 0.15) is 65.7 Å². The third-order valence-corrected chi connectivity index (χ3v) is 6.17. The topological polar surface area (TPSA) is 59.1 Å². The van der Waals surface area contributed by atoms with E-state index in [1.54, 1.807) is 6.92 Å². The molecule has 2 bridgehead atoms. The summed E-state index contributed by atoms with van der Waals surface area (Å²) in [4.78, 5) is 12.2. The molecule has 4 heteroatoms. The van der Waals surface area contributed by atoms with Crippen LogP contribution in [0, 0.1) is 5.92 Å². The number of carbonyl (C=O) groups excluding carboxylic acids is 1. The lowest BCUT2D eigenvalue weighted by Gasteiger charge is -2.39. The molecule has 1 N–H and O–H groups in total. The van der Waals surface area contributed by atoms with Gasteiger partial charge in [0.2, 0.25) is 0 Å². The van der Waals surface area contributed by atoms with Crippen LogP contribution >= 0.6 is 0 Å². The Morgan fingerprint density at radius 3 is 2.75 bits per heavy atom. The van der Waals surface area contributed by atoms with Crippen molar-refractivity contribution in [2.45, 2.75) is 89.1 Å². The minimum absolute atomic E-state index is 0.0654. The van der Waals surface area contributed by atoms with Crippen LogP contribution in [0.2, 0.25) is 0 Å². The van der Waals surface area contributed by atoms with E-state index in [2.05, 4.69) is 26.5 Å². The van der Waals surface area contributed by atoms with Crippen molar-refractivity contribution >= 4 is 5.97 Å². The Morgan fingerprint density at radius 2 is 2.00 bits per heavy atom. The van der Waals surface area contributed by atoms with Gasteiger partial charge in [-0.25, -0.2) is 4.79 Å². The first-order valence-electron chi connectivity index (χ1n) is 9.17. The second-order valence-corrected chi connectivity index (χ2v) is 8.29. The van der Waals surface area contributed by atoms with Crippen molar-refractivity contribution in [2.75, 3.05) is 0 Å². The maximum absolute atomic E-state index is 12.2. The summed E-state index contributed by atoms with van der Waals surface area (Å²) in [6.45, 7) is 10.0. The average molecular weight is 334 g/mol. The fraction of sp³-hybridized carbons (Fsp3) is 0.750. The fourth-order valence-electron chi connectivity index (χ4n) is 4.06. The first kappa shape index (κ1) is 17.7. The molecule has 1 aliphatic carbocycles. The zero-order valence-electron chi connectivity index (χ0n) is 15.1. The lowest BCUT2D eigenvalue weighted by atomic mass is 9.79. The molecule has 2 saturated heterocycles. The van der Waals surface area contributed by atoms with Gasteiger partial charge in [0, 0.05) is 5.57 Å². The molecule has 3 rings (SSSR count). The second-order valence-electron chi connectivity index (χ2n) is 8.29. The highest BCUT2D eigenvalue weighted by molar-refractivity contribution is 5.89. The van der Waals surface area contributed by atoms with Crippen molar-refractivity contribution in [2.24, 2.45) is 5.92 Å². The molecule has 0 amide bonds.